The van der Waals surface area contributed by atoms with E-state index in [1.807, 2.05) is 0 Å². The van der Waals surface area contributed by atoms with E-state index in [4.69, 9.17) is 0 Å². The van der Waals surface area contributed by atoms with Gasteiger partial charge in [0.2, 0.25) is 0 Å². The zero-order valence-corrected chi connectivity index (χ0v) is 5.60. The van der Waals surface area contributed by atoms with Crippen molar-refractivity contribution in [2.75, 3.05) is 11.8 Å². The first-order valence-corrected chi connectivity index (χ1v) is 7.82. The lowest BCUT2D eigenvalue weighted by Gasteiger charge is -2.50. The minimum atomic E-state index is 0.782. The molecule has 3 aliphatic heterocycles. The van der Waals surface area contributed by atoms with Crippen LogP contribution in [0.2, 0.25) is 0 Å². The maximum absolute atomic E-state index is 1.73. The molecule has 0 amide bonds. The summed E-state index contributed by atoms with van der Waals surface area (Å²) in [4.78, 5) is 0. The van der Waals surface area contributed by atoms with E-state index in [1.54, 1.807) is 11.8 Å². The van der Waals surface area contributed by atoms with Gasteiger partial charge < -0.3 is 0 Å². The summed E-state index contributed by atoms with van der Waals surface area (Å²) in [5.74, 6) is 3.45. The second kappa shape index (κ2) is 0.919. The van der Waals surface area contributed by atoms with E-state index in [-0.39, 0.29) is 0 Å². The molecule has 0 spiro atoms. The van der Waals surface area contributed by atoms with Crippen LogP contribution in [0, 0.1) is 0 Å². The van der Waals surface area contributed by atoms with Crippen molar-refractivity contribution >= 4 is 23.2 Å². The Morgan fingerprint density at radius 1 is 1.20 bits per heavy atom. The van der Waals surface area contributed by atoms with Crippen LogP contribution < -0.4 is 0 Å². The van der Waals surface area contributed by atoms with Gasteiger partial charge in [-0.2, -0.15) is 0 Å². The van der Waals surface area contributed by atoms with Crippen LogP contribution in [-0.4, -0.2) is 11.8 Å². The predicted octanol–water partition coefficient (Wildman–Crippen LogP) is 2.40. The maximum atomic E-state index is 1.73. The molecule has 3 rings (SSSR count). The van der Waals surface area contributed by atoms with Gasteiger partial charge in [0.25, 0.3) is 0 Å². The van der Waals surface area contributed by atoms with Gasteiger partial charge in [-0.05, 0) is 11.8 Å². The fourth-order valence-electron chi connectivity index (χ4n) is 0.541. The van der Waals surface area contributed by atoms with Gasteiger partial charge in [-0.15, -0.1) is 0 Å². The lowest BCUT2D eigenvalue weighted by molar-refractivity contribution is 1.89. The van der Waals surface area contributed by atoms with Gasteiger partial charge in [0, 0.05) is 0 Å². The van der Waals surface area contributed by atoms with Gasteiger partial charge in [0.15, 0.2) is 0 Å². The highest BCUT2D eigenvalue weighted by atomic mass is 32.5. The van der Waals surface area contributed by atoms with Gasteiger partial charge in [-0.25, -0.2) is 0 Å². The molecule has 0 aromatic rings. The molecule has 3 heterocycles. The smallest absolute Gasteiger partial charge is 0.00348 e. The van der Waals surface area contributed by atoms with E-state index in [9.17, 15) is 0 Å². The summed E-state index contributed by atoms with van der Waals surface area (Å²) >= 11 is 0. The van der Waals surface area contributed by atoms with Gasteiger partial charge in [0.1, 0.15) is 0 Å². The van der Waals surface area contributed by atoms with E-state index in [1.165, 1.54) is 7.96 Å². The van der Waals surface area contributed by atoms with Crippen molar-refractivity contribution in [1.29, 1.82) is 0 Å². The van der Waals surface area contributed by atoms with Crippen LogP contribution in [-0.2, 0) is 0 Å². The second-order valence-electron chi connectivity index (χ2n) is 1.46. The SMILES string of the molecule is C1P2CP1P2. The molecule has 0 aromatic carbocycles. The molecule has 0 radical (unpaired) electrons. The Morgan fingerprint density at radius 2 is 1.40 bits per heavy atom. The van der Waals surface area contributed by atoms with Crippen LogP contribution in [0.4, 0.5) is 0 Å². The molecule has 0 atom stereocenters. The predicted molar refractivity (Wildman–Crippen MR) is 31.9 cm³/mol. The van der Waals surface area contributed by atoms with E-state index < -0.39 is 0 Å². The summed E-state index contributed by atoms with van der Waals surface area (Å²) in [6, 6.07) is 0. The molecule has 28 valence electrons. The average molecular weight is 122 g/mol. The average Bonchev–Trinajstić information content (AvgIpc) is 0.592. The summed E-state index contributed by atoms with van der Waals surface area (Å²) in [5.41, 5.74) is 0. The molecule has 3 fully saturated rings. The maximum Gasteiger partial charge on any atom is -0.00348 e. The first-order chi connectivity index (χ1) is 2.45. The summed E-state index contributed by atoms with van der Waals surface area (Å²) in [7, 11) is 3.09. The van der Waals surface area contributed by atoms with E-state index in [0.29, 0.717) is 0 Å². The first kappa shape index (κ1) is 3.31. The Bertz CT molecular complexity index is 41.6. The van der Waals surface area contributed by atoms with Crippen LogP contribution >= 0.6 is 23.2 Å². The second-order valence-corrected chi connectivity index (χ2v) is 12.3. The summed E-state index contributed by atoms with van der Waals surface area (Å²) < 4.78 is 0. The number of hydrogen-bond acceptors (Lipinski definition) is 0. The van der Waals surface area contributed by atoms with Crippen molar-refractivity contribution in [2.24, 2.45) is 0 Å². The first-order valence-electron chi connectivity index (χ1n) is 1.71. The van der Waals surface area contributed by atoms with Gasteiger partial charge in [-0.1, -0.05) is 23.2 Å². The Hall–Kier alpha value is 1.29. The van der Waals surface area contributed by atoms with Crippen molar-refractivity contribution in [2.45, 2.75) is 0 Å². The molecule has 3 heteroatoms. The Labute approximate surface area is 35.8 Å². The van der Waals surface area contributed by atoms with Crippen LogP contribution in [0.3, 0.4) is 0 Å². The Morgan fingerprint density at radius 3 is 1.40 bits per heavy atom. The molecule has 3 aliphatic rings. The third-order valence-corrected chi connectivity index (χ3v) is 18.9. The minimum Gasteiger partial charge on any atom is -0.0702 e. The van der Waals surface area contributed by atoms with Crippen LogP contribution in [0.1, 0.15) is 0 Å². The third-order valence-electron chi connectivity index (χ3n) is 0.966. The Kier molecular flexibility index (Phi) is 0.609. The molecule has 2 bridgehead atoms. The summed E-state index contributed by atoms with van der Waals surface area (Å²) in [6.45, 7) is 0. The molecular formula is C2H5P3. The molecule has 3 saturated heterocycles. The minimum absolute atomic E-state index is 0.782. The molecule has 5 heavy (non-hydrogen) atoms. The van der Waals surface area contributed by atoms with Crippen LogP contribution in [0.5, 0.6) is 0 Å². The zero-order chi connectivity index (χ0) is 3.28. The van der Waals surface area contributed by atoms with E-state index in [2.05, 4.69) is 0 Å². The van der Waals surface area contributed by atoms with E-state index >= 15 is 0 Å². The van der Waals surface area contributed by atoms with Crippen LogP contribution in [0.15, 0.2) is 0 Å². The summed E-state index contributed by atoms with van der Waals surface area (Å²) in [6.07, 6.45) is 0. The molecule has 0 nitrogen and oxygen atoms in total. The number of rotatable bonds is 0. The van der Waals surface area contributed by atoms with Crippen molar-refractivity contribution < 1.29 is 0 Å². The molecule has 0 unspecified atom stereocenters. The fraction of sp³-hybridized carbons (Fsp3) is 1.00. The monoisotopic (exact) mass is 122 g/mol. The van der Waals surface area contributed by atoms with Gasteiger partial charge in [0.05, 0.1) is 0 Å². The topological polar surface area (TPSA) is 0 Å². The van der Waals surface area contributed by atoms with E-state index in [0.717, 1.165) is 15.2 Å². The van der Waals surface area contributed by atoms with Crippen molar-refractivity contribution in [3.05, 3.63) is 0 Å². The highest BCUT2D eigenvalue weighted by Crippen LogP contribution is 3.03. The molecule has 0 N–H and O–H groups in total. The Balaban J connectivity index is 2.19. The largest absolute Gasteiger partial charge is 0.0702 e. The van der Waals surface area contributed by atoms with Gasteiger partial charge in [-0.3, -0.25) is 0 Å². The van der Waals surface area contributed by atoms with Gasteiger partial charge >= 0.3 is 0 Å². The fourth-order valence-corrected chi connectivity index (χ4v) is 12.8. The molecular weight excluding hydrogens is 117 g/mol. The third kappa shape index (κ3) is 0.324. The zero-order valence-electron chi connectivity index (χ0n) is 2.81. The van der Waals surface area contributed by atoms with Crippen LogP contribution in [0.25, 0.3) is 0 Å². The van der Waals surface area contributed by atoms with Crippen molar-refractivity contribution in [3.8, 4) is 0 Å². The summed E-state index contributed by atoms with van der Waals surface area (Å²) in [5, 5.41) is 0. The highest BCUT2D eigenvalue weighted by molar-refractivity contribution is 8.71. The quantitative estimate of drug-likeness (QED) is 0.432. The highest BCUT2D eigenvalue weighted by Gasteiger charge is 2.40. The normalized spacial score (nSPS) is 62.4. The lowest BCUT2D eigenvalue weighted by Crippen LogP contribution is -2.02. The molecule has 0 aliphatic carbocycles. The molecule has 0 aromatic heterocycles. The standard InChI is InChI=1S/C2H5P3/c1-4-2-5(1)3-4/h3H,1-2H2. The van der Waals surface area contributed by atoms with Crippen molar-refractivity contribution in [1.82, 2.24) is 0 Å². The molecule has 0 saturated carbocycles. The lowest BCUT2D eigenvalue weighted by atomic mass is 11.8. The number of hydrogen-bond donors (Lipinski definition) is 0. The van der Waals surface area contributed by atoms with Crippen molar-refractivity contribution in [3.63, 3.8) is 0 Å².